The molecule has 2 aliphatic heterocycles. The maximum absolute atomic E-state index is 13.2. The zero-order chi connectivity index (χ0) is 24.3. The lowest BCUT2D eigenvalue weighted by molar-refractivity contribution is -0.142. The SMILES string of the molecule is Cc1ccc(S(=O)(=O)N2CCC(C(=O)N3CCCC3C(=O)NCc3ccc(F)cc3)CC2)cc1. The lowest BCUT2D eigenvalue weighted by Crippen LogP contribution is -2.49. The van der Waals surface area contributed by atoms with E-state index < -0.39 is 16.1 Å². The Labute approximate surface area is 200 Å². The highest BCUT2D eigenvalue weighted by molar-refractivity contribution is 7.89. The largest absolute Gasteiger partial charge is 0.350 e. The highest BCUT2D eigenvalue weighted by atomic mass is 32.2. The van der Waals surface area contributed by atoms with Gasteiger partial charge in [0, 0.05) is 32.1 Å². The van der Waals surface area contributed by atoms with Gasteiger partial charge in [-0.1, -0.05) is 29.8 Å². The van der Waals surface area contributed by atoms with Crippen LogP contribution in [0.3, 0.4) is 0 Å². The Hall–Kier alpha value is -2.78. The number of piperidine rings is 1. The molecule has 0 bridgehead atoms. The number of carbonyl (C=O) groups is 2. The van der Waals surface area contributed by atoms with Gasteiger partial charge in [-0.05, 0) is 62.4 Å². The Kier molecular flexibility index (Phi) is 7.33. The van der Waals surface area contributed by atoms with Crippen LogP contribution in [0.25, 0.3) is 0 Å². The minimum Gasteiger partial charge on any atom is -0.350 e. The Balaban J connectivity index is 1.33. The van der Waals surface area contributed by atoms with E-state index in [2.05, 4.69) is 5.32 Å². The first-order valence-electron chi connectivity index (χ1n) is 11.6. The van der Waals surface area contributed by atoms with Gasteiger partial charge >= 0.3 is 0 Å². The van der Waals surface area contributed by atoms with Crippen LogP contribution >= 0.6 is 0 Å². The van der Waals surface area contributed by atoms with Crippen molar-refractivity contribution in [3.8, 4) is 0 Å². The number of carbonyl (C=O) groups excluding carboxylic acids is 2. The maximum Gasteiger partial charge on any atom is 0.243 e. The van der Waals surface area contributed by atoms with Gasteiger partial charge in [0.25, 0.3) is 0 Å². The molecule has 2 saturated heterocycles. The predicted octanol–water partition coefficient (Wildman–Crippen LogP) is 2.84. The van der Waals surface area contributed by atoms with Crippen LogP contribution < -0.4 is 5.32 Å². The number of hydrogen-bond acceptors (Lipinski definition) is 4. The minimum atomic E-state index is -3.59. The Morgan fingerprint density at radius 2 is 1.62 bits per heavy atom. The van der Waals surface area contributed by atoms with Crippen LogP contribution in [0.5, 0.6) is 0 Å². The fourth-order valence-corrected chi connectivity index (χ4v) is 6.12. The number of likely N-dealkylation sites (tertiary alicyclic amines) is 1. The highest BCUT2D eigenvalue weighted by Crippen LogP contribution is 2.28. The van der Waals surface area contributed by atoms with Gasteiger partial charge in [0.1, 0.15) is 11.9 Å². The van der Waals surface area contributed by atoms with Crippen molar-refractivity contribution in [3.05, 3.63) is 65.5 Å². The average molecular weight is 488 g/mol. The number of sulfonamides is 1. The Bertz CT molecular complexity index is 1130. The van der Waals surface area contributed by atoms with Crippen molar-refractivity contribution in [2.24, 2.45) is 5.92 Å². The molecule has 7 nitrogen and oxygen atoms in total. The van der Waals surface area contributed by atoms with Crippen molar-refractivity contribution in [2.45, 2.75) is 50.1 Å². The van der Waals surface area contributed by atoms with Crippen molar-refractivity contribution < 1.29 is 22.4 Å². The van der Waals surface area contributed by atoms with Crippen molar-refractivity contribution in [1.29, 1.82) is 0 Å². The van der Waals surface area contributed by atoms with Crippen molar-refractivity contribution in [3.63, 3.8) is 0 Å². The summed E-state index contributed by atoms with van der Waals surface area (Å²) in [6.07, 6.45) is 2.22. The molecule has 0 spiro atoms. The first-order valence-corrected chi connectivity index (χ1v) is 13.1. The van der Waals surface area contributed by atoms with Crippen molar-refractivity contribution >= 4 is 21.8 Å². The van der Waals surface area contributed by atoms with Gasteiger partial charge in [-0.25, -0.2) is 12.8 Å². The summed E-state index contributed by atoms with van der Waals surface area (Å²) in [5.41, 5.74) is 1.78. The first-order chi connectivity index (χ1) is 16.3. The van der Waals surface area contributed by atoms with Crippen molar-refractivity contribution in [2.75, 3.05) is 19.6 Å². The summed E-state index contributed by atoms with van der Waals surface area (Å²) in [4.78, 5) is 27.9. The van der Waals surface area contributed by atoms with Gasteiger partial charge in [-0.3, -0.25) is 9.59 Å². The molecule has 34 heavy (non-hydrogen) atoms. The first kappa shape index (κ1) is 24.3. The number of aryl methyl sites for hydroxylation is 1. The summed E-state index contributed by atoms with van der Waals surface area (Å²) in [6.45, 7) is 3.26. The molecular formula is C25H30FN3O4S. The van der Waals surface area contributed by atoms with Gasteiger partial charge in [0.2, 0.25) is 21.8 Å². The summed E-state index contributed by atoms with van der Waals surface area (Å²) in [5, 5.41) is 2.85. The summed E-state index contributed by atoms with van der Waals surface area (Å²) in [5.74, 6) is -0.920. The molecule has 2 aromatic rings. The molecule has 2 heterocycles. The number of nitrogens with zero attached hydrogens (tertiary/aromatic N) is 2. The van der Waals surface area contributed by atoms with E-state index in [9.17, 15) is 22.4 Å². The van der Waals surface area contributed by atoms with Crippen LogP contribution in [0, 0.1) is 18.7 Å². The molecule has 4 rings (SSSR count). The summed E-state index contributed by atoms with van der Waals surface area (Å²) in [7, 11) is -3.59. The molecule has 2 amide bonds. The number of halogens is 1. The Morgan fingerprint density at radius 3 is 2.26 bits per heavy atom. The third kappa shape index (κ3) is 5.31. The van der Waals surface area contributed by atoms with E-state index in [4.69, 9.17) is 0 Å². The van der Waals surface area contributed by atoms with E-state index in [1.165, 1.54) is 16.4 Å². The van der Waals surface area contributed by atoms with Gasteiger partial charge in [-0.15, -0.1) is 0 Å². The number of amides is 2. The number of hydrogen-bond donors (Lipinski definition) is 1. The lowest BCUT2D eigenvalue weighted by Gasteiger charge is -2.34. The summed E-state index contributed by atoms with van der Waals surface area (Å²) in [6, 6.07) is 12.2. The van der Waals surface area contributed by atoms with E-state index in [1.807, 2.05) is 6.92 Å². The average Bonchev–Trinajstić information content (AvgIpc) is 3.33. The molecule has 2 aliphatic rings. The summed E-state index contributed by atoms with van der Waals surface area (Å²) < 4.78 is 40.4. The zero-order valence-electron chi connectivity index (χ0n) is 19.2. The smallest absolute Gasteiger partial charge is 0.243 e. The van der Waals surface area contributed by atoms with E-state index in [0.29, 0.717) is 25.8 Å². The number of nitrogens with one attached hydrogen (secondary N) is 1. The molecule has 0 saturated carbocycles. The molecule has 1 unspecified atom stereocenters. The number of benzene rings is 2. The third-order valence-electron chi connectivity index (χ3n) is 6.68. The fraction of sp³-hybridized carbons (Fsp3) is 0.440. The zero-order valence-corrected chi connectivity index (χ0v) is 20.1. The normalized spacial score (nSPS) is 19.8. The summed E-state index contributed by atoms with van der Waals surface area (Å²) >= 11 is 0. The monoisotopic (exact) mass is 487 g/mol. The van der Waals surface area contributed by atoms with Crippen LogP contribution in [0.2, 0.25) is 0 Å². The van der Waals surface area contributed by atoms with Gasteiger partial charge in [0.05, 0.1) is 4.90 Å². The van der Waals surface area contributed by atoms with E-state index >= 15 is 0 Å². The van der Waals surface area contributed by atoms with Crippen LogP contribution in [0.15, 0.2) is 53.4 Å². The van der Waals surface area contributed by atoms with Gasteiger partial charge in [-0.2, -0.15) is 4.31 Å². The van der Waals surface area contributed by atoms with Crippen molar-refractivity contribution in [1.82, 2.24) is 14.5 Å². The highest BCUT2D eigenvalue weighted by Gasteiger charge is 2.39. The number of rotatable bonds is 6. The van der Waals surface area contributed by atoms with Crippen LogP contribution in [0.1, 0.15) is 36.8 Å². The maximum atomic E-state index is 13.2. The lowest BCUT2D eigenvalue weighted by atomic mass is 9.96. The van der Waals surface area contributed by atoms with E-state index in [-0.39, 0.29) is 48.1 Å². The van der Waals surface area contributed by atoms with Crippen LogP contribution in [0.4, 0.5) is 4.39 Å². The van der Waals surface area contributed by atoms with Crippen LogP contribution in [-0.2, 0) is 26.2 Å². The molecule has 0 radical (unpaired) electrons. The predicted molar refractivity (Wildman–Crippen MR) is 126 cm³/mol. The topological polar surface area (TPSA) is 86.8 Å². The fourth-order valence-electron chi connectivity index (χ4n) is 4.65. The van der Waals surface area contributed by atoms with Crippen LogP contribution in [-0.4, -0.2) is 55.1 Å². The molecule has 2 fully saturated rings. The second-order valence-corrected chi connectivity index (χ2v) is 11.0. The van der Waals surface area contributed by atoms with E-state index in [1.54, 1.807) is 41.3 Å². The van der Waals surface area contributed by atoms with E-state index in [0.717, 1.165) is 17.5 Å². The third-order valence-corrected chi connectivity index (χ3v) is 8.59. The quantitative estimate of drug-likeness (QED) is 0.679. The molecular weight excluding hydrogens is 457 g/mol. The molecule has 0 aromatic heterocycles. The molecule has 9 heteroatoms. The van der Waals surface area contributed by atoms with Gasteiger partial charge in [0.15, 0.2) is 0 Å². The molecule has 1 N–H and O–H groups in total. The second kappa shape index (κ2) is 10.2. The van der Waals surface area contributed by atoms with Gasteiger partial charge < -0.3 is 10.2 Å². The molecule has 2 aromatic carbocycles. The minimum absolute atomic E-state index is 0.0770. The molecule has 1 atom stereocenters. The second-order valence-electron chi connectivity index (χ2n) is 9.03. The Morgan fingerprint density at radius 1 is 0.971 bits per heavy atom. The standard InChI is InChI=1S/C25H30FN3O4S/c1-18-4-10-22(11-5-18)34(32,33)28-15-12-20(13-16-28)25(31)29-14-2-3-23(29)24(30)27-17-19-6-8-21(26)9-7-19/h4-11,20,23H,2-3,12-17H2,1H3,(H,27,30). The molecule has 182 valence electrons. The molecule has 0 aliphatic carbocycles.